The molecule has 0 rings (SSSR count). The third kappa shape index (κ3) is 71.0. The number of carbonyl (C=O) groups is 2. The summed E-state index contributed by atoms with van der Waals surface area (Å²) >= 11 is 0. The van der Waals surface area contributed by atoms with E-state index in [-0.39, 0.29) is 18.5 Å². The lowest BCUT2D eigenvalue weighted by atomic mass is 10.0. The van der Waals surface area contributed by atoms with Crippen LogP contribution >= 0.6 is 0 Å². The van der Waals surface area contributed by atoms with Gasteiger partial charge in [-0.15, -0.1) is 0 Å². The molecule has 0 aromatic rings. The van der Waals surface area contributed by atoms with E-state index in [2.05, 4.69) is 55.6 Å². The van der Waals surface area contributed by atoms with Crippen molar-refractivity contribution in [1.82, 2.24) is 5.32 Å². The van der Waals surface area contributed by atoms with Crippen LogP contribution in [0.1, 0.15) is 431 Å². The number of allylic oxidation sites excluding steroid dienone is 6. The first-order valence-electron chi connectivity index (χ1n) is 38.7. The van der Waals surface area contributed by atoms with Crippen molar-refractivity contribution in [3.63, 3.8) is 0 Å². The summed E-state index contributed by atoms with van der Waals surface area (Å²) in [6.45, 7) is 4.95. The zero-order chi connectivity index (χ0) is 61.3. The number of hydrogen-bond donors (Lipinski definition) is 3. The Balaban J connectivity index is 3.37. The van der Waals surface area contributed by atoms with Crippen LogP contribution in [0.4, 0.5) is 0 Å². The van der Waals surface area contributed by atoms with Crippen LogP contribution in [0, 0.1) is 0 Å². The number of hydrogen-bond acceptors (Lipinski definition) is 5. The predicted octanol–water partition coefficient (Wildman–Crippen LogP) is 25.4. The van der Waals surface area contributed by atoms with Gasteiger partial charge >= 0.3 is 5.97 Å². The lowest BCUT2D eigenvalue weighted by Gasteiger charge is -2.22. The SMILES string of the molecule is CCCC/C=C\C/C=C\CCCCCCCC(=O)OCCCCCCCCCCCCCC/C=C\CCCCCCCCCCCCCCCCCC(=O)NC(CO)C(O)CCCCCCCCCCCCCCCCCCCCCCCCC. The van der Waals surface area contributed by atoms with Crippen LogP contribution in [-0.2, 0) is 14.3 Å². The van der Waals surface area contributed by atoms with E-state index in [1.807, 2.05) is 0 Å². The molecule has 0 aliphatic rings. The highest BCUT2D eigenvalue weighted by Crippen LogP contribution is 2.20. The second-order valence-electron chi connectivity index (χ2n) is 26.7. The van der Waals surface area contributed by atoms with Crippen LogP contribution in [-0.4, -0.2) is 47.4 Å². The quantitative estimate of drug-likeness (QED) is 0.0320. The maximum absolute atomic E-state index is 12.6. The molecule has 0 spiro atoms. The molecule has 3 N–H and O–H groups in total. The molecule has 0 aromatic heterocycles. The second-order valence-corrected chi connectivity index (χ2v) is 26.7. The molecule has 85 heavy (non-hydrogen) atoms. The summed E-state index contributed by atoms with van der Waals surface area (Å²) in [4.78, 5) is 24.6. The zero-order valence-corrected chi connectivity index (χ0v) is 57.6. The molecule has 0 radical (unpaired) electrons. The molecular weight excluding hydrogens is 1040 g/mol. The molecule has 2 atom stereocenters. The van der Waals surface area contributed by atoms with Crippen LogP contribution < -0.4 is 5.32 Å². The number of amides is 1. The lowest BCUT2D eigenvalue weighted by molar-refractivity contribution is -0.143. The van der Waals surface area contributed by atoms with Crippen molar-refractivity contribution >= 4 is 11.9 Å². The van der Waals surface area contributed by atoms with Gasteiger partial charge in [0.1, 0.15) is 0 Å². The topological polar surface area (TPSA) is 95.9 Å². The summed E-state index contributed by atoms with van der Waals surface area (Å²) in [7, 11) is 0. The molecule has 0 saturated heterocycles. The Kier molecular flexibility index (Phi) is 72.9. The smallest absolute Gasteiger partial charge is 0.305 e. The van der Waals surface area contributed by atoms with Crippen LogP contribution in [0.2, 0.25) is 0 Å². The van der Waals surface area contributed by atoms with E-state index in [1.165, 1.54) is 347 Å². The molecule has 0 aliphatic heterocycles. The van der Waals surface area contributed by atoms with Gasteiger partial charge < -0.3 is 20.3 Å². The van der Waals surface area contributed by atoms with Gasteiger partial charge in [-0.25, -0.2) is 0 Å². The van der Waals surface area contributed by atoms with E-state index in [4.69, 9.17) is 4.74 Å². The van der Waals surface area contributed by atoms with E-state index in [1.54, 1.807) is 0 Å². The minimum absolute atomic E-state index is 0.00364. The average Bonchev–Trinajstić information content (AvgIpc) is 3.50. The minimum atomic E-state index is -0.664. The maximum atomic E-state index is 12.6. The van der Waals surface area contributed by atoms with Crippen molar-refractivity contribution in [2.75, 3.05) is 13.2 Å². The van der Waals surface area contributed by atoms with Crippen molar-refractivity contribution in [1.29, 1.82) is 0 Å². The standard InChI is InChI=1S/C79H151NO5/c1-3-5-7-9-11-13-15-17-19-20-21-22-32-35-38-41-44-47-51-55-59-63-67-71-77(82)76(75-81)80-78(83)72-68-64-60-56-52-48-45-42-39-36-33-30-28-26-24-23-25-27-29-31-34-37-40-43-46-50-54-58-62-66-70-74-85-79(84)73-69-65-61-57-53-49-18-16-14-12-10-8-6-4-2/h10,12,16,18,25,27,76-77,81-82H,3-9,11,13-15,17,19-24,26,28-75H2,1-2H3,(H,80,83)/b12-10-,18-16-,27-25-. The summed E-state index contributed by atoms with van der Waals surface area (Å²) in [5.74, 6) is -0.0242. The first-order valence-corrected chi connectivity index (χ1v) is 38.7. The molecule has 6 heteroatoms. The average molecular weight is 1200 g/mol. The van der Waals surface area contributed by atoms with Gasteiger partial charge in [-0.3, -0.25) is 9.59 Å². The van der Waals surface area contributed by atoms with Crippen molar-refractivity contribution in [3.8, 4) is 0 Å². The predicted molar refractivity (Wildman–Crippen MR) is 375 cm³/mol. The van der Waals surface area contributed by atoms with Gasteiger partial charge in [0, 0.05) is 12.8 Å². The normalized spacial score (nSPS) is 12.7. The highest BCUT2D eigenvalue weighted by atomic mass is 16.5. The van der Waals surface area contributed by atoms with Crippen molar-refractivity contribution in [2.45, 2.75) is 443 Å². The van der Waals surface area contributed by atoms with Gasteiger partial charge in [-0.05, 0) is 77.0 Å². The summed E-state index contributed by atoms with van der Waals surface area (Å²) in [6.07, 6.45) is 96.5. The number of ether oxygens (including phenoxy) is 1. The summed E-state index contributed by atoms with van der Waals surface area (Å²) in [5, 5.41) is 23.5. The fourth-order valence-electron chi connectivity index (χ4n) is 12.2. The Labute approximate surface area is 532 Å². The monoisotopic (exact) mass is 1190 g/mol. The first-order chi connectivity index (χ1) is 42.0. The molecule has 0 fully saturated rings. The number of nitrogens with one attached hydrogen (secondary N) is 1. The van der Waals surface area contributed by atoms with Gasteiger partial charge in [0.2, 0.25) is 5.91 Å². The van der Waals surface area contributed by atoms with Gasteiger partial charge in [0.25, 0.3) is 0 Å². The Morgan fingerprint density at radius 3 is 0.941 bits per heavy atom. The summed E-state index contributed by atoms with van der Waals surface area (Å²) in [6, 6.07) is -0.541. The van der Waals surface area contributed by atoms with Gasteiger partial charge in [-0.1, -0.05) is 378 Å². The highest BCUT2D eigenvalue weighted by Gasteiger charge is 2.20. The fraction of sp³-hybridized carbons (Fsp3) is 0.899. The molecular formula is C79H151NO5. The third-order valence-corrected chi connectivity index (χ3v) is 18.2. The second kappa shape index (κ2) is 74.5. The number of rotatable bonds is 73. The maximum Gasteiger partial charge on any atom is 0.305 e. The Hall–Kier alpha value is -1.92. The highest BCUT2D eigenvalue weighted by molar-refractivity contribution is 5.76. The molecule has 1 amide bonds. The van der Waals surface area contributed by atoms with Crippen LogP contribution in [0.25, 0.3) is 0 Å². The molecule has 0 saturated carbocycles. The van der Waals surface area contributed by atoms with E-state index in [0.717, 1.165) is 51.4 Å². The van der Waals surface area contributed by atoms with E-state index >= 15 is 0 Å². The summed E-state index contributed by atoms with van der Waals surface area (Å²) < 4.78 is 5.48. The van der Waals surface area contributed by atoms with Crippen LogP contribution in [0.3, 0.4) is 0 Å². The molecule has 0 bridgehead atoms. The Morgan fingerprint density at radius 2 is 0.600 bits per heavy atom. The van der Waals surface area contributed by atoms with Gasteiger partial charge in [0.05, 0.1) is 25.4 Å². The van der Waals surface area contributed by atoms with Crippen LogP contribution in [0.5, 0.6) is 0 Å². The Morgan fingerprint density at radius 1 is 0.329 bits per heavy atom. The third-order valence-electron chi connectivity index (χ3n) is 18.2. The van der Waals surface area contributed by atoms with Crippen molar-refractivity contribution in [2.24, 2.45) is 0 Å². The van der Waals surface area contributed by atoms with Gasteiger partial charge in [-0.2, -0.15) is 0 Å². The molecule has 0 aromatic carbocycles. The number of carbonyl (C=O) groups excluding carboxylic acids is 2. The number of aliphatic hydroxyl groups excluding tert-OH is 2. The van der Waals surface area contributed by atoms with Gasteiger partial charge in [0.15, 0.2) is 0 Å². The lowest BCUT2D eigenvalue weighted by Crippen LogP contribution is -2.45. The van der Waals surface area contributed by atoms with E-state index in [9.17, 15) is 19.8 Å². The summed E-state index contributed by atoms with van der Waals surface area (Å²) in [5.41, 5.74) is 0. The fourth-order valence-corrected chi connectivity index (χ4v) is 12.2. The van der Waals surface area contributed by atoms with Crippen LogP contribution in [0.15, 0.2) is 36.5 Å². The molecule has 0 aliphatic carbocycles. The Bertz CT molecular complexity index is 1380. The van der Waals surface area contributed by atoms with Crippen molar-refractivity contribution < 1.29 is 24.5 Å². The molecule has 0 heterocycles. The van der Waals surface area contributed by atoms with Crippen molar-refractivity contribution in [3.05, 3.63) is 36.5 Å². The number of unbranched alkanes of at least 4 members (excludes halogenated alkanes) is 56. The number of esters is 1. The first kappa shape index (κ1) is 83.1. The largest absolute Gasteiger partial charge is 0.466 e. The minimum Gasteiger partial charge on any atom is -0.466 e. The molecule has 502 valence electrons. The van der Waals surface area contributed by atoms with E-state index in [0.29, 0.717) is 25.9 Å². The number of aliphatic hydroxyl groups is 2. The molecule has 6 nitrogen and oxygen atoms in total. The zero-order valence-electron chi connectivity index (χ0n) is 57.6. The van der Waals surface area contributed by atoms with E-state index < -0.39 is 12.1 Å². The molecule has 2 unspecified atom stereocenters.